The summed E-state index contributed by atoms with van der Waals surface area (Å²) in [6.07, 6.45) is 1.63. The number of carbonyl (C=O) groups is 1. The number of hydrogen-bond acceptors (Lipinski definition) is 4. The van der Waals surface area contributed by atoms with Crippen LogP contribution in [0.3, 0.4) is 0 Å². The van der Waals surface area contributed by atoms with Crippen molar-refractivity contribution in [1.82, 2.24) is 4.98 Å². The van der Waals surface area contributed by atoms with Crippen molar-refractivity contribution in [2.45, 2.75) is 13.8 Å². The van der Waals surface area contributed by atoms with Gasteiger partial charge < -0.3 is 15.5 Å². The van der Waals surface area contributed by atoms with Gasteiger partial charge in [0, 0.05) is 43.0 Å². The molecule has 0 radical (unpaired) electrons. The number of amides is 1. The van der Waals surface area contributed by atoms with Crippen molar-refractivity contribution in [1.29, 1.82) is 0 Å². The van der Waals surface area contributed by atoms with Crippen molar-refractivity contribution in [2.24, 2.45) is 0 Å². The minimum absolute atomic E-state index is 0.240. The van der Waals surface area contributed by atoms with Gasteiger partial charge in [-0.3, -0.25) is 9.78 Å². The molecule has 138 valence electrons. The Morgan fingerprint density at radius 3 is 2.19 bits per heavy atom. The number of aromatic nitrogens is 1. The molecule has 0 aliphatic rings. The van der Waals surface area contributed by atoms with Gasteiger partial charge in [0.15, 0.2) is 0 Å². The number of carbonyl (C=O) groups excluding carboxylic acids is 1. The normalized spacial score (nSPS) is 10.4. The van der Waals surface area contributed by atoms with Crippen LogP contribution in [0.5, 0.6) is 0 Å². The summed E-state index contributed by atoms with van der Waals surface area (Å²) in [6.45, 7) is 4.16. The number of aryl methyl sites for hydroxylation is 2. The lowest BCUT2D eigenvalue weighted by atomic mass is 10.1. The molecule has 3 rings (SSSR count). The highest BCUT2D eigenvalue weighted by molar-refractivity contribution is 6.03. The molecule has 0 saturated carbocycles. The maximum absolute atomic E-state index is 12.5. The van der Waals surface area contributed by atoms with Crippen LogP contribution in [0.25, 0.3) is 0 Å². The minimum Gasteiger partial charge on any atom is -0.378 e. The molecule has 0 fully saturated rings. The SMILES string of the molecule is Cc1ccc(Nc2ccnc(C(=O)Nc3ccc(N(C)C)cc3)c2)cc1C. The molecule has 0 saturated heterocycles. The standard InChI is InChI=1S/C22H24N4O/c1-15-5-6-18(13-16(15)2)24-19-11-12-23-21(14-19)22(27)25-17-7-9-20(10-8-17)26(3)4/h5-14H,1-4H3,(H,23,24)(H,25,27). The first-order valence-electron chi connectivity index (χ1n) is 8.81. The molecular weight excluding hydrogens is 336 g/mol. The van der Waals surface area contributed by atoms with Crippen LogP contribution in [0.4, 0.5) is 22.7 Å². The molecule has 0 bridgehead atoms. The van der Waals surface area contributed by atoms with E-state index >= 15 is 0 Å². The van der Waals surface area contributed by atoms with Crippen molar-refractivity contribution in [3.05, 3.63) is 77.6 Å². The predicted molar refractivity (Wildman–Crippen MR) is 112 cm³/mol. The fraction of sp³-hybridized carbons (Fsp3) is 0.182. The van der Waals surface area contributed by atoms with Crippen molar-refractivity contribution in [2.75, 3.05) is 29.6 Å². The van der Waals surface area contributed by atoms with Crippen LogP contribution < -0.4 is 15.5 Å². The lowest BCUT2D eigenvalue weighted by Gasteiger charge is -2.13. The fourth-order valence-electron chi connectivity index (χ4n) is 2.66. The first-order chi connectivity index (χ1) is 12.9. The van der Waals surface area contributed by atoms with Crippen LogP contribution >= 0.6 is 0 Å². The van der Waals surface area contributed by atoms with Gasteiger partial charge in [0.25, 0.3) is 5.91 Å². The number of anilines is 4. The highest BCUT2D eigenvalue weighted by Gasteiger charge is 2.09. The zero-order valence-electron chi connectivity index (χ0n) is 16.1. The Labute approximate surface area is 160 Å². The van der Waals surface area contributed by atoms with E-state index in [1.165, 1.54) is 11.1 Å². The van der Waals surface area contributed by atoms with Crippen LogP contribution in [0.2, 0.25) is 0 Å². The maximum atomic E-state index is 12.5. The van der Waals surface area contributed by atoms with Crippen molar-refractivity contribution < 1.29 is 4.79 Å². The Bertz CT molecular complexity index is 949. The number of pyridine rings is 1. The van der Waals surface area contributed by atoms with Crippen molar-refractivity contribution >= 4 is 28.7 Å². The largest absolute Gasteiger partial charge is 0.378 e. The summed E-state index contributed by atoms with van der Waals surface area (Å²) < 4.78 is 0. The smallest absolute Gasteiger partial charge is 0.274 e. The van der Waals surface area contributed by atoms with E-state index in [0.717, 1.165) is 22.7 Å². The van der Waals surface area contributed by atoms with E-state index in [4.69, 9.17) is 0 Å². The Balaban J connectivity index is 1.72. The average Bonchev–Trinajstić information content (AvgIpc) is 2.65. The van der Waals surface area contributed by atoms with Crippen molar-refractivity contribution in [3.8, 4) is 0 Å². The molecule has 1 amide bonds. The molecule has 0 atom stereocenters. The summed E-state index contributed by atoms with van der Waals surface area (Å²) >= 11 is 0. The summed E-state index contributed by atoms with van der Waals surface area (Å²) in [7, 11) is 3.96. The summed E-state index contributed by atoms with van der Waals surface area (Å²) in [5, 5.41) is 6.21. The Hall–Kier alpha value is -3.34. The maximum Gasteiger partial charge on any atom is 0.274 e. The van der Waals surface area contributed by atoms with Gasteiger partial charge in [-0.15, -0.1) is 0 Å². The molecule has 0 unspecified atom stereocenters. The molecule has 3 aromatic rings. The quantitative estimate of drug-likeness (QED) is 0.689. The van der Waals surface area contributed by atoms with Crippen LogP contribution in [-0.4, -0.2) is 25.0 Å². The highest BCUT2D eigenvalue weighted by Crippen LogP contribution is 2.21. The van der Waals surface area contributed by atoms with E-state index in [2.05, 4.69) is 41.6 Å². The molecule has 27 heavy (non-hydrogen) atoms. The van der Waals surface area contributed by atoms with Gasteiger partial charge in [0.2, 0.25) is 0 Å². The predicted octanol–water partition coefficient (Wildman–Crippen LogP) is 4.76. The van der Waals surface area contributed by atoms with Gasteiger partial charge in [0.1, 0.15) is 5.69 Å². The minimum atomic E-state index is -0.240. The molecule has 5 nitrogen and oxygen atoms in total. The average molecular weight is 360 g/mol. The molecule has 2 N–H and O–H groups in total. The molecule has 1 aromatic heterocycles. The van der Waals surface area contributed by atoms with Crippen LogP contribution in [0.15, 0.2) is 60.8 Å². The fourth-order valence-corrected chi connectivity index (χ4v) is 2.66. The summed E-state index contributed by atoms with van der Waals surface area (Å²) in [5.74, 6) is -0.240. The zero-order valence-corrected chi connectivity index (χ0v) is 16.1. The Morgan fingerprint density at radius 2 is 1.52 bits per heavy atom. The van der Waals surface area contributed by atoms with E-state index in [1.54, 1.807) is 12.3 Å². The number of benzene rings is 2. The molecular formula is C22H24N4O. The third-order valence-corrected chi connectivity index (χ3v) is 4.43. The summed E-state index contributed by atoms with van der Waals surface area (Å²) in [5.41, 5.74) is 6.44. The van der Waals surface area contributed by atoms with E-state index in [1.807, 2.05) is 55.4 Å². The van der Waals surface area contributed by atoms with Gasteiger partial charge in [-0.25, -0.2) is 0 Å². The van der Waals surface area contributed by atoms with E-state index < -0.39 is 0 Å². The van der Waals surface area contributed by atoms with E-state index in [0.29, 0.717) is 5.69 Å². The number of rotatable bonds is 5. The number of nitrogens with one attached hydrogen (secondary N) is 2. The van der Waals surface area contributed by atoms with Gasteiger partial charge in [-0.2, -0.15) is 0 Å². The van der Waals surface area contributed by atoms with Crippen LogP contribution in [0, 0.1) is 13.8 Å². The molecule has 0 aliphatic heterocycles. The van der Waals surface area contributed by atoms with Crippen molar-refractivity contribution in [3.63, 3.8) is 0 Å². The number of nitrogens with zero attached hydrogens (tertiary/aromatic N) is 2. The highest BCUT2D eigenvalue weighted by atomic mass is 16.1. The first-order valence-corrected chi connectivity index (χ1v) is 8.81. The lowest BCUT2D eigenvalue weighted by molar-refractivity contribution is 0.102. The summed E-state index contributed by atoms with van der Waals surface area (Å²) in [6, 6.07) is 17.5. The monoisotopic (exact) mass is 360 g/mol. The van der Waals surface area contributed by atoms with Crippen LogP contribution in [-0.2, 0) is 0 Å². The van der Waals surface area contributed by atoms with Gasteiger partial charge in [-0.1, -0.05) is 6.07 Å². The lowest BCUT2D eigenvalue weighted by Crippen LogP contribution is -2.14. The second-order valence-electron chi connectivity index (χ2n) is 6.75. The van der Waals surface area contributed by atoms with Gasteiger partial charge >= 0.3 is 0 Å². The van der Waals surface area contributed by atoms with E-state index in [-0.39, 0.29) is 5.91 Å². The first kappa shape index (κ1) is 18.5. The Kier molecular flexibility index (Phi) is 5.41. The van der Waals surface area contributed by atoms with Gasteiger partial charge in [0.05, 0.1) is 0 Å². The summed E-state index contributed by atoms with van der Waals surface area (Å²) in [4.78, 5) is 18.7. The second-order valence-corrected chi connectivity index (χ2v) is 6.75. The zero-order chi connectivity index (χ0) is 19.4. The molecule has 2 aromatic carbocycles. The molecule has 0 aliphatic carbocycles. The molecule has 5 heteroatoms. The van der Waals surface area contributed by atoms with Crippen LogP contribution in [0.1, 0.15) is 21.6 Å². The van der Waals surface area contributed by atoms with E-state index in [9.17, 15) is 4.79 Å². The second kappa shape index (κ2) is 7.91. The molecule has 1 heterocycles. The molecule has 0 spiro atoms. The Morgan fingerprint density at radius 1 is 0.852 bits per heavy atom. The third kappa shape index (κ3) is 4.64. The topological polar surface area (TPSA) is 57.3 Å². The van der Waals surface area contributed by atoms with Gasteiger partial charge in [-0.05, 0) is 73.5 Å². The number of hydrogen-bond donors (Lipinski definition) is 2. The third-order valence-electron chi connectivity index (χ3n) is 4.43.